The molecule has 0 aliphatic rings. The quantitative estimate of drug-likeness (QED) is 0.143. The Morgan fingerprint density at radius 1 is 1.06 bits per heavy atom. The highest BCUT2D eigenvalue weighted by Gasteiger charge is 2.30. The van der Waals surface area contributed by atoms with Gasteiger partial charge in [-0.2, -0.15) is 32.3 Å². The van der Waals surface area contributed by atoms with E-state index in [-0.39, 0.29) is 29.1 Å². The molecule has 0 atom stereocenters. The molecule has 0 aromatic heterocycles. The fourth-order valence-corrected chi connectivity index (χ4v) is 2.91. The fourth-order valence-electron chi connectivity index (χ4n) is 2.91. The predicted octanol–water partition coefficient (Wildman–Crippen LogP) is 5.76. The molecule has 0 saturated heterocycles. The number of nitrogens with zero attached hydrogens (tertiary/aromatic N) is 3. The number of ether oxygens (including phenoxy) is 1. The molecule has 3 aromatic carbocycles. The molecule has 0 heterocycles. The topological polar surface area (TPSA) is 85.9 Å². The van der Waals surface area contributed by atoms with Gasteiger partial charge in [-0.05, 0) is 47.5 Å². The van der Waals surface area contributed by atoms with Crippen molar-refractivity contribution < 1.29 is 36.6 Å². The Balaban J connectivity index is 0.00000137. The number of halogens is 5. The minimum absolute atomic E-state index is 0.110. The maximum absolute atomic E-state index is 13.2. The summed E-state index contributed by atoms with van der Waals surface area (Å²) in [5, 5.41) is 18.9. The predicted molar refractivity (Wildman–Crippen MR) is 117 cm³/mol. The van der Waals surface area contributed by atoms with Crippen molar-refractivity contribution in [2.75, 3.05) is 5.01 Å². The number of hydrogen-bond acceptors (Lipinski definition) is 5. The van der Waals surface area contributed by atoms with Crippen LogP contribution in [0.25, 0.3) is 0 Å². The second kappa shape index (κ2) is 12.7. The summed E-state index contributed by atoms with van der Waals surface area (Å²) in [5.41, 5.74) is 0.548. The first-order valence-corrected chi connectivity index (χ1v) is 9.79. The summed E-state index contributed by atoms with van der Waals surface area (Å²) in [7, 11) is 0. The zero-order valence-electron chi connectivity index (χ0n) is 17.9. The van der Waals surface area contributed by atoms with Gasteiger partial charge in [0.2, 0.25) is 6.41 Å². The summed E-state index contributed by atoms with van der Waals surface area (Å²) in [6, 6.07) is 18.7. The van der Waals surface area contributed by atoms with Gasteiger partial charge in [0.25, 0.3) is 6.26 Å². The van der Waals surface area contributed by atoms with Crippen LogP contribution in [0.1, 0.15) is 16.7 Å². The van der Waals surface area contributed by atoms with E-state index in [0.29, 0.717) is 6.41 Å². The van der Waals surface area contributed by atoms with E-state index in [0.717, 1.165) is 29.0 Å². The first kappa shape index (κ1) is 26.8. The van der Waals surface area contributed by atoms with Gasteiger partial charge in [-0.25, -0.2) is 5.01 Å². The third-order valence-corrected chi connectivity index (χ3v) is 4.39. The van der Waals surface area contributed by atoms with Gasteiger partial charge in [0.1, 0.15) is 5.75 Å². The third-order valence-electron chi connectivity index (χ3n) is 4.39. The fraction of sp³-hybridized carbons (Fsp3) is 0.125. The van der Waals surface area contributed by atoms with Crippen molar-refractivity contribution in [1.82, 2.24) is 0 Å². The van der Waals surface area contributed by atoms with Crippen molar-refractivity contribution in [3.05, 3.63) is 95.6 Å². The number of hydrogen-bond donors (Lipinski definition) is 1. The Labute approximate surface area is 197 Å². The van der Waals surface area contributed by atoms with Gasteiger partial charge in [0.05, 0.1) is 17.0 Å². The number of hydrazone groups is 1. The van der Waals surface area contributed by atoms with Crippen molar-refractivity contribution in [2.45, 2.75) is 19.2 Å². The zero-order chi connectivity index (χ0) is 25.8. The van der Waals surface area contributed by atoms with Gasteiger partial charge in [-0.3, -0.25) is 4.79 Å². The highest BCUT2D eigenvalue weighted by molar-refractivity contribution is 6.03. The van der Waals surface area contributed by atoms with Crippen molar-refractivity contribution in [2.24, 2.45) is 5.10 Å². The van der Waals surface area contributed by atoms with E-state index in [4.69, 9.17) is 10.4 Å². The van der Waals surface area contributed by atoms with Crippen molar-refractivity contribution in [1.29, 1.82) is 5.26 Å². The average molecular weight is 491 g/mol. The van der Waals surface area contributed by atoms with Crippen LogP contribution in [-0.4, -0.2) is 23.8 Å². The van der Waals surface area contributed by atoms with Crippen LogP contribution in [0.4, 0.5) is 27.6 Å². The number of aliphatic hydroxyl groups is 1. The number of carbonyl (C=O) groups excluding carboxylic acids is 1. The molecular formula is C24H18F5N3O3. The summed E-state index contributed by atoms with van der Waals surface area (Å²) in [6.45, 7) is -3.00. The number of benzene rings is 3. The second-order valence-corrected chi connectivity index (χ2v) is 6.71. The third kappa shape index (κ3) is 8.43. The largest absolute Gasteiger partial charge is 0.443 e. The smallest absolute Gasteiger partial charge is 0.416 e. The van der Waals surface area contributed by atoms with E-state index in [1.54, 1.807) is 30.3 Å². The number of carbonyl (C=O) groups is 1. The highest BCUT2D eigenvalue weighted by atomic mass is 19.4. The van der Waals surface area contributed by atoms with E-state index in [1.807, 2.05) is 0 Å². The standard InChI is InChI=1S/C23H17F5N2O2.CHNO/c24-22(25)32-20-11-9-19(10-12-20)30(15-31)29-21(13-16-5-2-1-3-6-16)17-7-4-8-18(14-17)23(26,27)28;2-1-3/h1-12,14-15,22H,13H2;3H. The molecule has 0 saturated carbocycles. The Morgan fingerprint density at radius 3 is 2.23 bits per heavy atom. The maximum atomic E-state index is 13.2. The molecule has 0 aliphatic carbocycles. The minimum atomic E-state index is -4.54. The average Bonchev–Trinajstić information content (AvgIpc) is 2.83. The Kier molecular flexibility index (Phi) is 9.71. The Bertz CT molecular complexity index is 1160. The monoisotopic (exact) mass is 491 g/mol. The van der Waals surface area contributed by atoms with Crippen molar-refractivity contribution in [3.8, 4) is 12.0 Å². The molecule has 6 nitrogen and oxygen atoms in total. The summed E-state index contributed by atoms with van der Waals surface area (Å²) in [4.78, 5) is 11.7. The first-order chi connectivity index (χ1) is 16.7. The molecule has 11 heteroatoms. The summed E-state index contributed by atoms with van der Waals surface area (Å²) >= 11 is 0. The number of aliphatic hydroxyl groups excluding tert-OH is 1. The van der Waals surface area contributed by atoms with Crippen LogP contribution < -0.4 is 9.75 Å². The number of alkyl halides is 5. The summed E-state index contributed by atoms with van der Waals surface area (Å²) in [5.74, 6) is -0.110. The van der Waals surface area contributed by atoms with E-state index >= 15 is 0 Å². The first-order valence-electron chi connectivity index (χ1n) is 9.79. The Morgan fingerprint density at radius 2 is 1.69 bits per heavy atom. The lowest BCUT2D eigenvalue weighted by Crippen LogP contribution is -2.19. The second-order valence-electron chi connectivity index (χ2n) is 6.71. The molecule has 0 spiro atoms. The molecule has 0 radical (unpaired) electrons. The zero-order valence-corrected chi connectivity index (χ0v) is 17.9. The molecule has 3 rings (SSSR count). The van der Waals surface area contributed by atoms with Crippen LogP contribution in [0.15, 0.2) is 84.0 Å². The molecule has 0 aliphatic heterocycles. The van der Waals surface area contributed by atoms with Crippen LogP contribution in [0.3, 0.4) is 0 Å². The van der Waals surface area contributed by atoms with Crippen LogP contribution in [-0.2, 0) is 17.4 Å². The Hall–Kier alpha value is -4.46. The van der Waals surface area contributed by atoms with Crippen LogP contribution >= 0.6 is 0 Å². The normalized spacial score (nSPS) is 11.2. The van der Waals surface area contributed by atoms with E-state index in [2.05, 4.69) is 9.84 Å². The van der Waals surface area contributed by atoms with E-state index in [9.17, 15) is 26.7 Å². The SMILES string of the molecule is N#CO.O=CN(N=C(Cc1ccccc1)c1cccc(C(F)(F)F)c1)c1ccc(OC(F)F)cc1. The highest BCUT2D eigenvalue weighted by Crippen LogP contribution is 2.30. The van der Waals surface area contributed by atoms with Gasteiger partial charge in [-0.1, -0.05) is 42.5 Å². The molecule has 1 amide bonds. The molecule has 35 heavy (non-hydrogen) atoms. The molecule has 3 aromatic rings. The number of nitriles is 1. The van der Waals surface area contributed by atoms with Crippen LogP contribution in [0.5, 0.6) is 5.75 Å². The van der Waals surface area contributed by atoms with Gasteiger partial charge in [0.15, 0.2) is 0 Å². The number of rotatable bonds is 8. The van der Waals surface area contributed by atoms with Crippen molar-refractivity contribution >= 4 is 17.8 Å². The number of amides is 1. The lowest BCUT2D eigenvalue weighted by atomic mass is 10.0. The minimum Gasteiger partial charge on any atom is -0.443 e. The number of anilines is 1. The van der Waals surface area contributed by atoms with Gasteiger partial charge in [-0.15, -0.1) is 0 Å². The summed E-state index contributed by atoms with van der Waals surface area (Å²) < 4.78 is 68.6. The molecule has 0 bridgehead atoms. The lowest BCUT2D eigenvalue weighted by molar-refractivity contribution is -0.137. The van der Waals surface area contributed by atoms with Gasteiger partial charge in [0, 0.05) is 6.42 Å². The molecular weight excluding hydrogens is 473 g/mol. The maximum Gasteiger partial charge on any atom is 0.416 e. The van der Waals surface area contributed by atoms with Gasteiger partial charge < -0.3 is 9.84 Å². The molecule has 1 N–H and O–H groups in total. The van der Waals surface area contributed by atoms with Crippen LogP contribution in [0, 0.1) is 11.5 Å². The lowest BCUT2D eigenvalue weighted by Gasteiger charge is -2.16. The van der Waals surface area contributed by atoms with E-state index < -0.39 is 18.4 Å². The van der Waals surface area contributed by atoms with E-state index in [1.165, 1.54) is 36.4 Å². The van der Waals surface area contributed by atoms with Gasteiger partial charge >= 0.3 is 12.8 Å². The van der Waals surface area contributed by atoms with Crippen LogP contribution in [0.2, 0.25) is 0 Å². The molecule has 182 valence electrons. The molecule has 0 unspecified atom stereocenters. The molecule has 0 fully saturated rings. The summed E-state index contributed by atoms with van der Waals surface area (Å²) in [6.07, 6.45) is -3.26. The van der Waals surface area contributed by atoms with Crippen molar-refractivity contribution in [3.63, 3.8) is 0 Å².